The second kappa shape index (κ2) is 9.31. The molecule has 1 rings (SSSR count). The molecule has 0 N–H and O–H groups in total. The average Bonchev–Trinajstić information content (AvgIpc) is 2.32. The minimum absolute atomic E-state index is 0.154. The van der Waals surface area contributed by atoms with E-state index in [4.69, 9.17) is 0 Å². The van der Waals surface area contributed by atoms with E-state index in [2.05, 4.69) is 40.4 Å². The van der Waals surface area contributed by atoms with Crippen molar-refractivity contribution in [3.8, 4) is 0 Å². The lowest BCUT2D eigenvalue weighted by molar-refractivity contribution is -0.110. The number of carbonyl (C=O) groups is 1. The standard InChI is InChI=1S/C10H11BrOS.CH4S/c1-2-8-5-3-4-6-9(8)7-10(12)13-11;1-2/h3-6H,2,7H2,1H3;2H,1H3. The lowest BCUT2D eigenvalue weighted by Crippen LogP contribution is -1.99. The molecule has 0 radical (unpaired) electrons. The number of rotatable bonds is 3. The van der Waals surface area contributed by atoms with Crippen LogP contribution in [0.15, 0.2) is 24.3 Å². The predicted molar refractivity (Wildman–Crippen MR) is 76.0 cm³/mol. The zero-order chi connectivity index (χ0) is 11.7. The van der Waals surface area contributed by atoms with Crippen LogP contribution in [0.1, 0.15) is 18.1 Å². The van der Waals surface area contributed by atoms with Crippen molar-refractivity contribution in [1.29, 1.82) is 0 Å². The fraction of sp³-hybridized carbons (Fsp3) is 0.364. The van der Waals surface area contributed by atoms with Gasteiger partial charge in [0, 0.05) is 6.42 Å². The molecular formula is C11H15BrOS2. The molecule has 0 aliphatic heterocycles. The molecule has 1 aromatic rings. The van der Waals surface area contributed by atoms with Crippen molar-refractivity contribution in [1.82, 2.24) is 0 Å². The van der Waals surface area contributed by atoms with E-state index in [9.17, 15) is 4.79 Å². The summed E-state index contributed by atoms with van der Waals surface area (Å²) in [7, 11) is 1.11. The highest BCUT2D eigenvalue weighted by atomic mass is 79.9. The summed E-state index contributed by atoms with van der Waals surface area (Å²) in [6.45, 7) is 2.10. The lowest BCUT2D eigenvalue weighted by atomic mass is 10.0. The van der Waals surface area contributed by atoms with Gasteiger partial charge in [-0.3, -0.25) is 4.79 Å². The molecule has 1 aromatic carbocycles. The summed E-state index contributed by atoms with van der Waals surface area (Å²) in [6.07, 6.45) is 3.19. The van der Waals surface area contributed by atoms with Gasteiger partial charge in [-0.25, -0.2) is 0 Å². The van der Waals surface area contributed by atoms with Crippen molar-refractivity contribution in [3.05, 3.63) is 35.4 Å². The Hall–Kier alpha value is 0.0700. The highest BCUT2D eigenvalue weighted by Crippen LogP contribution is 2.17. The summed E-state index contributed by atoms with van der Waals surface area (Å²) in [5.74, 6) is 0. The van der Waals surface area contributed by atoms with Crippen LogP contribution in [0.5, 0.6) is 0 Å². The molecule has 0 aromatic heterocycles. The topological polar surface area (TPSA) is 17.1 Å². The van der Waals surface area contributed by atoms with Crippen LogP contribution < -0.4 is 0 Å². The number of hydrogen-bond acceptors (Lipinski definition) is 3. The van der Waals surface area contributed by atoms with Crippen LogP contribution in [0.3, 0.4) is 0 Å². The van der Waals surface area contributed by atoms with E-state index in [0.717, 1.165) is 22.2 Å². The van der Waals surface area contributed by atoms with Gasteiger partial charge in [0.25, 0.3) is 0 Å². The van der Waals surface area contributed by atoms with Gasteiger partial charge in [-0.2, -0.15) is 12.6 Å². The van der Waals surface area contributed by atoms with Crippen LogP contribution in [-0.4, -0.2) is 11.4 Å². The SMILES string of the molecule is CCc1ccccc1CC(=O)SBr.CS. The molecule has 1 nitrogen and oxygen atoms in total. The van der Waals surface area contributed by atoms with E-state index in [1.165, 1.54) is 5.56 Å². The van der Waals surface area contributed by atoms with Crippen LogP contribution in [0.2, 0.25) is 0 Å². The maximum Gasteiger partial charge on any atom is 0.204 e. The number of carbonyl (C=O) groups excluding carboxylic acids is 1. The largest absolute Gasteiger partial charge is 0.286 e. The normalized spacial score (nSPS) is 9.07. The average molecular weight is 307 g/mol. The Bertz CT molecular complexity index is 302. The Morgan fingerprint density at radius 1 is 1.33 bits per heavy atom. The summed E-state index contributed by atoms with van der Waals surface area (Å²) in [4.78, 5) is 11.2. The van der Waals surface area contributed by atoms with Crippen LogP contribution >= 0.6 is 37.6 Å². The highest BCUT2D eigenvalue weighted by Gasteiger charge is 2.05. The van der Waals surface area contributed by atoms with E-state index in [1.807, 2.05) is 18.2 Å². The molecule has 0 unspecified atom stereocenters. The van der Waals surface area contributed by atoms with Crippen molar-refractivity contribution in [2.75, 3.05) is 6.26 Å². The summed E-state index contributed by atoms with van der Waals surface area (Å²) in [6, 6.07) is 8.07. The minimum atomic E-state index is 0.154. The first-order chi connectivity index (χ1) is 7.27. The predicted octanol–water partition coefficient (Wildman–Crippen LogP) is 3.91. The minimum Gasteiger partial charge on any atom is -0.286 e. The summed E-state index contributed by atoms with van der Waals surface area (Å²) >= 11 is 6.61. The van der Waals surface area contributed by atoms with Crippen molar-refractivity contribution >= 4 is 42.8 Å². The van der Waals surface area contributed by atoms with Gasteiger partial charge in [0.15, 0.2) is 0 Å². The fourth-order valence-electron chi connectivity index (χ4n) is 1.26. The third-order valence-corrected chi connectivity index (χ3v) is 3.32. The molecular weight excluding hydrogens is 292 g/mol. The summed E-state index contributed by atoms with van der Waals surface area (Å²) in [5.41, 5.74) is 2.40. The molecule has 0 spiro atoms. The smallest absolute Gasteiger partial charge is 0.204 e. The molecule has 0 atom stereocenters. The lowest BCUT2D eigenvalue weighted by Gasteiger charge is -2.04. The van der Waals surface area contributed by atoms with Crippen molar-refractivity contribution < 1.29 is 4.79 Å². The van der Waals surface area contributed by atoms with Gasteiger partial charge in [0.2, 0.25) is 5.12 Å². The molecule has 0 aliphatic carbocycles. The molecule has 84 valence electrons. The van der Waals surface area contributed by atoms with Crippen LogP contribution in [-0.2, 0) is 17.6 Å². The molecule has 15 heavy (non-hydrogen) atoms. The Balaban J connectivity index is 0.000000921. The van der Waals surface area contributed by atoms with Crippen LogP contribution in [0.4, 0.5) is 0 Å². The summed E-state index contributed by atoms with van der Waals surface area (Å²) in [5, 5.41) is 0.154. The number of thiol groups is 1. The van der Waals surface area contributed by atoms with Gasteiger partial charge in [-0.05, 0) is 48.8 Å². The number of benzene rings is 1. The number of aryl methyl sites for hydroxylation is 1. The van der Waals surface area contributed by atoms with Crippen LogP contribution in [0, 0.1) is 0 Å². The van der Waals surface area contributed by atoms with Gasteiger partial charge >= 0.3 is 0 Å². The van der Waals surface area contributed by atoms with Crippen molar-refractivity contribution in [2.24, 2.45) is 0 Å². The second-order valence-corrected chi connectivity index (χ2v) is 4.33. The Labute approximate surface area is 109 Å². The third kappa shape index (κ3) is 5.64. The molecule has 0 bridgehead atoms. The molecule has 0 heterocycles. The Morgan fingerprint density at radius 2 is 1.87 bits per heavy atom. The van der Waals surface area contributed by atoms with Crippen LogP contribution in [0.25, 0.3) is 0 Å². The zero-order valence-electron chi connectivity index (χ0n) is 8.87. The maximum atomic E-state index is 11.2. The number of hydrogen-bond donors (Lipinski definition) is 1. The van der Waals surface area contributed by atoms with Gasteiger partial charge in [0.05, 0.1) is 0 Å². The van der Waals surface area contributed by atoms with Crippen molar-refractivity contribution in [2.45, 2.75) is 19.8 Å². The van der Waals surface area contributed by atoms with Gasteiger partial charge in [0.1, 0.15) is 0 Å². The molecule has 0 amide bonds. The molecule has 4 heteroatoms. The first-order valence-corrected chi connectivity index (χ1v) is 8.16. The maximum absolute atomic E-state index is 11.2. The number of halogens is 1. The monoisotopic (exact) mass is 306 g/mol. The van der Waals surface area contributed by atoms with E-state index < -0.39 is 0 Å². The Morgan fingerprint density at radius 3 is 2.33 bits per heavy atom. The van der Waals surface area contributed by atoms with E-state index in [0.29, 0.717) is 6.42 Å². The van der Waals surface area contributed by atoms with E-state index in [-0.39, 0.29) is 5.12 Å². The van der Waals surface area contributed by atoms with Gasteiger partial charge in [-0.15, -0.1) is 0 Å². The molecule has 0 aliphatic rings. The molecule has 0 saturated heterocycles. The zero-order valence-corrected chi connectivity index (χ0v) is 12.2. The van der Waals surface area contributed by atoms with Gasteiger partial charge in [-0.1, -0.05) is 31.2 Å². The van der Waals surface area contributed by atoms with Gasteiger partial charge < -0.3 is 0 Å². The van der Waals surface area contributed by atoms with Crippen molar-refractivity contribution in [3.63, 3.8) is 0 Å². The molecule has 0 fully saturated rings. The summed E-state index contributed by atoms with van der Waals surface area (Å²) < 4.78 is 0. The van der Waals surface area contributed by atoms with E-state index in [1.54, 1.807) is 6.26 Å². The van der Waals surface area contributed by atoms with E-state index >= 15 is 0 Å². The third-order valence-electron chi connectivity index (χ3n) is 1.92. The first-order valence-electron chi connectivity index (χ1n) is 4.60. The first kappa shape index (κ1) is 15.1. The Kier molecular flexibility index (Phi) is 9.35. The second-order valence-electron chi connectivity index (χ2n) is 2.75. The fourth-order valence-corrected chi connectivity index (χ4v) is 1.81. The highest BCUT2D eigenvalue weighted by molar-refractivity contribution is 9.52. The molecule has 0 saturated carbocycles. The quantitative estimate of drug-likeness (QED) is 0.853.